The van der Waals surface area contributed by atoms with E-state index in [2.05, 4.69) is 4.98 Å². The lowest BCUT2D eigenvalue weighted by molar-refractivity contribution is -0.140. The first-order valence-electron chi connectivity index (χ1n) is 11.0. The number of Topliss-reactive ketones (excluding diaryl/α,β-unsaturated/α-hetero) is 1. The molecule has 3 heterocycles. The molecule has 0 aliphatic carbocycles. The summed E-state index contributed by atoms with van der Waals surface area (Å²) >= 11 is 0. The number of fused-ring (bicyclic) bond motifs is 1. The third-order valence-electron chi connectivity index (χ3n) is 6.27. The summed E-state index contributed by atoms with van der Waals surface area (Å²) in [4.78, 5) is 30.9. The molecule has 172 valence electrons. The SMILES string of the molecule is COc1ccc2[nH]cc(CCN3C(=O)C(=O)C(=C(O)c4ccc(C)cc4)[C@@H]3c3ccco3)c2c1. The normalized spacial score (nSPS) is 17.6. The van der Waals surface area contributed by atoms with Gasteiger partial charge in [0.05, 0.1) is 18.9 Å². The van der Waals surface area contributed by atoms with Crippen LogP contribution in [-0.2, 0) is 16.0 Å². The van der Waals surface area contributed by atoms with Gasteiger partial charge in [0, 0.05) is 29.2 Å². The Hall–Kier alpha value is -4.26. The van der Waals surface area contributed by atoms with Crippen molar-refractivity contribution in [3.8, 4) is 5.75 Å². The number of hydrogen-bond donors (Lipinski definition) is 2. The number of aliphatic hydroxyl groups excluding tert-OH is 1. The van der Waals surface area contributed by atoms with Crippen LogP contribution >= 0.6 is 0 Å². The molecule has 7 nitrogen and oxygen atoms in total. The van der Waals surface area contributed by atoms with E-state index in [4.69, 9.17) is 9.15 Å². The van der Waals surface area contributed by atoms with Gasteiger partial charge in [0.2, 0.25) is 0 Å². The number of likely N-dealkylation sites (tertiary alicyclic amines) is 1. The minimum atomic E-state index is -0.809. The van der Waals surface area contributed by atoms with Gasteiger partial charge in [-0.25, -0.2) is 0 Å². The molecule has 34 heavy (non-hydrogen) atoms. The van der Waals surface area contributed by atoms with E-state index in [1.165, 1.54) is 11.2 Å². The van der Waals surface area contributed by atoms with E-state index in [-0.39, 0.29) is 17.9 Å². The van der Waals surface area contributed by atoms with Gasteiger partial charge in [-0.05, 0) is 49.2 Å². The van der Waals surface area contributed by atoms with Crippen molar-refractivity contribution in [3.05, 3.63) is 95.1 Å². The summed E-state index contributed by atoms with van der Waals surface area (Å²) in [6.45, 7) is 2.21. The van der Waals surface area contributed by atoms with E-state index in [0.29, 0.717) is 17.7 Å². The second-order valence-corrected chi connectivity index (χ2v) is 8.35. The van der Waals surface area contributed by atoms with Gasteiger partial charge in [0.15, 0.2) is 0 Å². The topological polar surface area (TPSA) is 95.8 Å². The van der Waals surface area contributed by atoms with Crippen LogP contribution in [0.3, 0.4) is 0 Å². The lowest BCUT2D eigenvalue weighted by Gasteiger charge is -2.23. The van der Waals surface area contributed by atoms with Crippen LogP contribution in [0.25, 0.3) is 16.7 Å². The van der Waals surface area contributed by atoms with Crippen LogP contribution in [0.15, 0.2) is 77.0 Å². The van der Waals surface area contributed by atoms with Gasteiger partial charge in [-0.3, -0.25) is 9.59 Å². The van der Waals surface area contributed by atoms with Crippen molar-refractivity contribution in [1.29, 1.82) is 0 Å². The van der Waals surface area contributed by atoms with E-state index in [1.54, 1.807) is 31.4 Å². The molecule has 0 unspecified atom stereocenters. The van der Waals surface area contributed by atoms with Crippen LogP contribution in [0, 0.1) is 6.92 Å². The average molecular weight is 456 g/mol. The van der Waals surface area contributed by atoms with E-state index in [9.17, 15) is 14.7 Å². The predicted octanol–water partition coefficient (Wildman–Crippen LogP) is 4.74. The standard InChI is InChI=1S/C27H24N2O5/c1-16-5-7-17(8-6-16)25(30)23-24(22-4-3-13-34-22)29(27(32)26(23)31)12-11-18-15-28-21-10-9-19(33-2)14-20(18)21/h3-10,13-15,24,28,30H,11-12H2,1-2H3/t24-/m0/s1. The summed E-state index contributed by atoms with van der Waals surface area (Å²) < 4.78 is 10.9. The molecule has 1 aliphatic rings. The largest absolute Gasteiger partial charge is 0.507 e. The number of methoxy groups -OCH3 is 1. The number of aryl methyl sites for hydroxylation is 1. The maximum atomic E-state index is 13.1. The van der Waals surface area contributed by atoms with Crippen LogP contribution in [0.4, 0.5) is 0 Å². The van der Waals surface area contributed by atoms with Crippen molar-refractivity contribution in [1.82, 2.24) is 9.88 Å². The number of carbonyl (C=O) groups excluding carboxylic acids is 2. The number of aromatic amines is 1. The Kier molecular flexibility index (Phi) is 5.45. The number of rotatable bonds is 6. The molecule has 0 radical (unpaired) electrons. The van der Waals surface area contributed by atoms with Crippen molar-refractivity contribution < 1.29 is 23.8 Å². The lowest BCUT2D eigenvalue weighted by Crippen LogP contribution is -2.31. The Morgan fingerprint density at radius 2 is 1.94 bits per heavy atom. The molecule has 5 rings (SSSR count). The molecule has 7 heteroatoms. The minimum Gasteiger partial charge on any atom is -0.507 e. The highest BCUT2D eigenvalue weighted by Gasteiger charge is 2.47. The number of amides is 1. The third kappa shape index (κ3) is 3.65. The number of H-pyrrole nitrogens is 1. The lowest BCUT2D eigenvalue weighted by atomic mass is 9.98. The second kappa shape index (κ2) is 8.59. The zero-order chi connectivity index (χ0) is 23.8. The van der Waals surface area contributed by atoms with Gasteiger partial charge in [0.25, 0.3) is 11.7 Å². The number of carbonyl (C=O) groups is 2. The summed E-state index contributed by atoms with van der Waals surface area (Å²) in [5, 5.41) is 12.0. The van der Waals surface area contributed by atoms with Gasteiger partial charge in [0.1, 0.15) is 23.3 Å². The number of ether oxygens (including phenoxy) is 1. The van der Waals surface area contributed by atoms with E-state index >= 15 is 0 Å². The van der Waals surface area contributed by atoms with E-state index < -0.39 is 17.7 Å². The fraction of sp³-hybridized carbons (Fsp3) is 0.185. The van der Waals surface area contributed by atoms with Crippen molar-refractivity contribution in [2.45, 2.75) is 19.4 Å². The molecule has 0 bridgehead atoms. The molecule has 1 atom stereocenters. The molecule has 2 aromatic heterocycles. The fourth-order valence-electron chi connectivity index (χ4n) is 4.45. The molecule has 4 aromatic rings. The molecule has 1 amide bonds. The maximum Gasteiger partial charge on any atom is 0.295 e. The zero-order valence-electron chi connectivity index (χ0n) is 18.9. The van der Waals surface area contributed by atoms with Gasteiger partial charge in [-0.15, -0.1) is 0 Å². The molecule has 1 saturated heterocycles. The number of furan rings is 1. The van der Waals surface area contributed by atoms with Crippen molar-refractivity contribution in [3.63, 3.8) is 0 Å². The number of aliphatic hydroxyl groups is 1. The summed E-state index contributed by atoms with van der Waals surface area (Å²) in [6.07, 6.45) is 3.89. The molecule has 2 aromatic carbocycles. The van der Waals surface area contributed by atoms with Crippen LogP contribution < -0.4 is 4.74 Å². The number of aromatic nitrogens is 1. The number of nitrogens with one attached hydrogen (secondary N) is 1. The first kappa shape index (κ1) is 21.6. The number of ketones is 1. The first-order chi connectivity index (χ1) is 16.5. The Labute approximate surface area is 196 Å². The van der Waals surface area contributed by atoms with Crippen LogP contribution in [0.5, 0.6) is 5.75 Å². The first-order valence-corrected chi connectivity index (χ1v) is 11.0. The molecule has 1 fully saturated rings. The van der Waals surface area contributed by atoms with Gasteiger partial charge < -0.3 is 24.1 Å². The number of benzene rings is 2. The average Bonchev–Trinajstić information content (AvgIpc) is 3.57. The monoisotopic (exact) mass is 456 g/mol. The Balaban J connectivity index is 1.52. The molecular formula is C27H24N2O5. The van der Waals surface area contributed by atoms with Gasteiger partial charge >= 0.3 is 0 Å². The Morgan fingerprint density at radius 1 is 1.15 bits per heavy atom. The molecular weight excluding hydrogens is 432 g/mol. The summed E-state index contributed by atoms with van der Waals surface area (Å²) in [7, 11) is 1.62. The molecule has 2 N–H and O–H groups in total. The van der Waals surface area contributed by atoms with Crippen LogP contribution in [0.2, 0.25) is 0 Å². The number of hydrogen-bond acceptors (Lipinski definition) is 5. The second-order valence-electron chi connectivity index (χ2n) is 8.35. The zero-order valence-corrected chi connectivity index (χ0v) is 18.9. The summed E-state index contributed by atoms with van der Waals surface area (Å²) in [5.41, 5.74) is 3.48. The van der Waals surface area contributed by atoms with Crippen molar-refractivity contribution in [2.75, 3.05) is 13.7 Å². The maximum absolute atomic E-state index is 13.1. The summed E-state index contributed by atoms with van der Waals surface area (Å²) in [5.74, 6) is -0.428. The molecule has 1 aliphatic heterocycles. The van der Waals surface area contributed by atoms with Crippen LogP contribution in [-0.4, -0.2) is 40.3 Å². The highest BCUT2D eigenvalue weighted by molar-refractivity contribution is 6.46. The molecule has 0 spiro atoms. The molecule has 0 saturated carbocycles. The quantitative estimate of drug-likeness (QED) is 0.248. The van der Waals surface area contributed by atoms with Crippen molar-refractivity contribution >= 4 is 28.4 Å². The smallest absolute Gasteiger partial charge is 0.295 e. The van der Waals surface area contributed by atoms with Gasteiger partial charge in [-0.1, -0.05) is 29.8 Å². The van der Waals surface area contributed by atoms with E-state index in [0.717, 1.165) is 27.8 Å². The fourth-order valence-corrected chi connectivity index (χ4v) is 4.45. The highest BCUT2D eigenvalue weighted by atomic mass is 16.5. The predicted molar refractivity (Wildman–Crippen MR) is 127 cm³/mol. The number of nitrogens with zero attached hydrogens (tertiary/aromatic N) is 1. The summed E-state index contributed by atoms with van der Waals surface area (Å²) in [6, 6.07) is 15.5. The highest BCUT2D eigenvalue weighted by Crippen LogP contribution is 2.39. The van der Waals surface area contributed by atoms with Crippen LogP contribution in [0.1, 0.15) is 28.5 Å². The van der Waals surface area contributed by atoms with E-state index in [1.807, 2.05) is 43.5 Å². The Morgan fingerprint density at radius 3 is 2.65 bits per heavy atom. The third-order valence-corrected chi connectivity index (χ3v) is 6.27. The van der Waals surface area contributed by atoms with Crippen molar-refractivity contribution in [2.24, 2.45) is 0 Å². The van der Waals surface area contributed by atoms with Gasteiger partial charge in [-0.2, -0.15) is 0 Å². The minimum absolute atomic E-state index is 0.0319. The Bertz CT molecular complexity index is 1400.